The van der Waals surface area contributed by atoms with Crippen LogP contribution in [0.25, 0.3) is 11.5 Å². The third-order valence-electron chi connectivity index (χ3n) is 3.67. The van der Waals surface area contributed by atoms with E-state index in [1.807, 2.05) is 30.3 Å². The fourth-order valence-corrected chi connectivity index (χ4v) is 2.39. The van der Waals surface area contributed by atoms with Crippen LogP contribution in [0.15, 0.2) is 34.7 Å². The number of nitrogens with zero attached hydrogens (tertiary/aromatic N) is 2. The minimum atomic E-state index is -0.878. The van der Waals surface area contributed by atoms with E-state index < -0.39 is 11.6 Å². The molecular weight excluding hydrogens is 282 g/mol. The fraction of sp³-hybridized carbons (Fsp3) is 0.312. The Morgan fingerprint density at radius 2 is 1.91 bits per heavy atom. The van der Waals surface area contributed by atoms with Gasteiger partial charge in [-0.3, -0.25) is 9.69 Å². The second kappa shape index (κ2) is 4.98. The zero-order chi connectivity index (χ0) is 15.9. The van der Waals surface area contributed by atoms with Crippen molar-refractivity contribution in [2.45, 2.75) is 32.9 Å². The first kappa shape index (κ1) is 14.3. The zero-order valence-corrected chi connectivity index (χ0v) is 12.7. The van der Waals surface area contributed by atoms with Crippen LogP contribution in [-0.4, -0.2) is 27.4 Å². The molecule has 1 aliphatic heterocycles. The highest BCUT2D eigenvalue weighted by molar-refractivity contribution is 6.06. The van der Waals surface area contributed by atoms with Crippen LogP contribution in [0.3, 0.4) is 0 Å². The van der Waals surface area contributed by atoms with E-state index in [1.54, 1.807) is 20.8 Å². The van der Waals surface area contributed by atoms with Gasteiger partial charge in [0, 0.05) is 5.56 Å². The standard InChI is InChI=1S/C16H17N3O3/c1-10-12(9-19-14(20)16(2,3)18-15(19)21)17-13(22-10)11-7-5-4-6-8-11/h4-8H,9H2,1-3H3,(H,18,21). The summed E-state index contributed by atoms with van der Waals surface area (Å²) >= 11 is 0. The van der Waals surface area contributed by atoms with E-state index in [0.29, 0.717) is 17.3 Å². The summed E-state index contributed by atoms with van der Waals surface area (Å²) in [5.74, 6) is 0.824. The van der Waals surface area contributed by atoms with Gasteiger partial charge < -0.3 is 9.73 Å². The molecule has 0 radical (unpaired) electrons. The Bertz CT molecular complexity index is 734. The van der Waals surface area contributed by atoms with E-state index in [2.05, 4.69) is 10.3 Å². The molecule has 114 valence electrons. The molecule has 6 heteroatoms. The Morgan fingerprint density at radius 3 is 2.50 bits per heavy atom. The second-order valence-corrected chi connectivity index (χ2v) is 5.83. The second-order valence-electron chi connectivity index (χ2n) is 5.83. The minimum Gasteiger partial charge on any atom is -0.441 e. The number of aryl methyl sites for hydroxylation is 1. The van der Waals surface area contributed by atoms with Gasteiger partial charge in [-0.05, 0) is 32.9 Å². The van der Waals surface area contributed by atoms with E-state index in [0.717, 1.165) is 5.56 Å². The maximum Gasteiger partial charge on any atom is 0.325 e. The van der Waals surface area contributed by atoms with Crippen molar-refractivity contribution in [3.63, 3.8) is 0 Å². The topological polar surface area (TPSA) is 75.4 Å². The molecule has 0 unspecified atom stereocenters. The third-order valence-corrected chi connectivity index (χ3v) is 3.67. The van der Waals surface area contributed by atoms with E-state index in [-0.39, 0.29) is 12.5 Å². The van der Waals surface area contributed by atoms with Crippen molar-refractivity contribution in [2.24, 2.45) is 0 Å². The van der Waals surface area contributed by atoms with Gasteiger partial charge in [0.2, 0.25) is 5.89 Å². The molecule has 1 aromatic carbocycles. The number of aromatic nitrogens is 1. The molecule has 2 heterocycles. The van der Waals surface area contributed by atoms with Crippen molar-refractivity contribution in [3.05, 3.63) is 41.8 Å². The normalized spacial score (nSPS) is 17.0. The van der Waals surface area contributed by atoms with Gasteiger partial charge in [-0.15, -0.1) is 0 Å². The molecule has 2 aromatic rings. The Hall–Kier alpha value is -2.63. The van der Waals surface area contributed by atoms with Crippen LogP contribution in [0.1, 0.15) is 25.3 Å². The first-order chi connectivity index (χ1) is 10.4. The van der Waals surface area contributed by atoms with Crippen LogP contribution in [0.4, 0.5) is 4.79 Å². The molecule has 1 aromatic heterocycles. The number of nitrogens with one attached hydrogen (secondary N) is 1. The summed E-state index contributed by atoms with van der Waals surface area (Å²) in [6.45, 7) is 5.24. The van der Waals surface area contributed by atoms with E-state index in [1.165, 1.54) is 4.90 Å². The van der Waals surface area contributed by atoms with E-state index in [4.69, 9.17) is 4.42 Å². The first-order valence-corrected chi connectivity index (χ1v) is 7.04. The summed E-state index contributed by atoms with van der Waals surface area (Å²) in [6.07, 6.45) is 0. The van der Waals surface area contributed by atoms with Crippen LogP contribution in [0.5, 0.6) is 0 Å². The molecule has 0 saturated carbocycles. The monoisotopic (exact) mass is 299 g/mol. The predicted molar refractivity (Wildman–Crippen MR) is 79.8 cm³/mol. The Labute approximate surface area is 128 Å². The molecule has 3 amide bonds. The summed E-state index contributed by atoms with van der Waals surface area (Å²) in [5, 5.41) is 2.65. The van der Waals surface area contributed by atoms with Crippen molar-refractivity contribution in [1.29, 1.82) is 0 Å². The number of imide groups is 1. The van der Waals surface area contributed by atoms with Crippen LogP contribution < -0.4 is 5.32 Å². The van der Waals surface area contributed by atoms with Gasteiger partial charge in [-0.1, -0.05) is 18.2 Å². The first-order valence-electron chi connectivity index (χ1n) is 7.04. The highest BCUT2D eigenvalue weighted by Gasteiger charge is 2.44. The zero-order valence-electron chi connectivity index (χ0n) is 12.7. The molecular formula is C16H17N3O3. The summed E-state index contributed by atoms with van der Waals surface area (Å²) in [7, 11) is 0. The lowest BCUT2D eigenvalue weighted by atomic mass is 10.1. The Balaban J connectivity index is 1.87. The molecule has 22 heavy (non-hydrogen) atoms. The van der Waals surface area contributed by atoms with E-state index in [9.17, 15) is 9.59 Å². The Morgan fingerprint density at radius 1 is 1.23 bits per heavy atom. The average molecular weight is 299 g/mol. The van der Waals surface area contributed by atoms with Crippen molar-refractivity contribution in [3.8, 4) is 11.5 Å². The van der Waals surface area contributed by atoms with Crippen molar-refractivity contribution in [2.75, 3.05) is 0 Å². The molecule has 1 N–H and O–H groups in total. The summed E-state index contributed by atoms with van der Waals surface area (Å²) in [6, 6.07) is 9.09. The molecule has 0 bridgehead atoms. The van der Waals surface area contributed by atoms with E-state index >= 15 is 0 Å². The van der Waals surface area contributed by atoms with Gasteiger partial charge >= 0.3 is 6.03 Å². The molecule has 6 nitrogen and oxygen atoms in total. The maximum absolute atomic E-state index is 12.2. The average Bonchev–Trinajstić information content (AvgIpc) is 2.93. The summed E-state index contributed by atoms with van der Waals surface area (Å²) in [4.78, 5) is 29.7. The summed E-state index contributed by atoms with van der Waals surface area (Å²) < 4.78 is 5.65. The molecule has 1 saturated heterocycles. The molecule has 0 atom stereocenters. The largest absolute Gasteiger partial charge is 0.441 e. The highest BCUT2D eigenvalue weighted by Crippen LogP contribution is 2.24. The van der Waals surface area contributed by atoms with Crippen LogP contribution in [-0.2, 0) is 11.3 Å². The summed E-state index contributed by atoms with van der Waals surface area (Å²) in [5.41, 5.74) is 0.561. The number of hydrogen-bond acceptors (Lipinski definition) is 4. The molecule has 0 spiro atoms. The molecule has 0 aliphatic carbocycles. The smallest absolute Gasteiger partial charge is 0.325 e. The number of hydrogen-bond donors (Lipinski definition) is 1. The lowest BCUT2D eigenvalue weighted by molar-refractivity contribution is -0.130. The Kier molecular flexibility index (Phi) is 3.24. The lowest BCUT2D eigenvalue weighted by Crippen LogP contribution is -2.40. The van der Waals surface area contributed by atoms with Crippen molar-refractivity contribution >= 4 is 11.9 Å². The fourth-order valence-electron chi connectivity index (χ4n) is 2.39. The number of carbonyl (C=O) groups is 2. The number of amides is 3. The SMILES string of the molecule is Cc1oc(-c2ccccc2)nc1CN1C(=O)NC(C)(C)C1=O. The predicted octanol–water partition coefficient (Wildman–Crippen LogP) is 2.48. The minimum absolute atomic E-state index is 0.107. The number of benzene rings is 1. The van der Waals surface area contributed by atoms with Gasteiger partial charge in [0.25, 0.3) is 5.91 Å². The van der Waals surface area contributed by atoms with Gasteiger partial charge in [0.1, 0.15) is 17.0 Å². The third kappa shape index (κ3) is 2.36. The lowest BCUT2D eigenvalue weighted by Gasteiger charge is -2.15. The van der Waals surface area contributed by atoms with Crippen LogP contribution in [0, 0.1) is 6.92 Å². The van der Waals surface area contributed by atoms with Gasteiger partial charge in [0.15, 0.2) is 0 Å². The number of oxazole rings is 1. The quantitative estimate of drug-likeness (QED) is 0.883. The number of urea groups is 1. The van der Waals surface area contributed by atoms with Crippen molar-refractivity contribution in [1.82, 2.24) is 15.2 Å². The number of rotatable bonds is 3. The molecule has 3 rings (SSSR count). The van der Waals surface area contributed by atoms with Gasteiger partial charge in [0.05, 0.1) is 6.54 Å². The highest BCUT2D eigenvalue weighted by atomic mass is 16.4. The van der Waals surface area contributed by atoms with Gasteiger partial charge in [-0.25, -0.2) is 9.78 Å². The molecule has 1 aliphatic rings. The van der Waals surface area contributed by atoms with Crippen LogP contribution >= 0.6 is 0 Å². The molecule has 1 fully saturated rings. The number of carbonyl (C=O) groups excluding carboxylic acids is 2. The van der Waals surface area contributed by atoms with Crippen LogP contribution in [0.2, 0.25) is 0 Å². The van der Waals surface area contributed by atoms with Gasteiger partial charge in [-0.2, -0.15) is 0 Å². The maximum atomic E-state index is 12.2. The van der Waals surface area contributed by atoms with Crippen molar-refractivity contribution < 1.29 is 14.0 Å².